The molecule has 1 aliphatic rings. The lowest BCUT2D eigenvalue weighted by molar-refractivity contribution is -0.146. The van der Waals surface area contributed by atoms with Crippen molar-refractivity contribution in [2.45, 2.75) is 40.0 Å². The molecule has 0 aliphatic heterocycles. The van der Waals surface area contributed by atoms with Crippen LogP contribution < -0.4 is 5.32 Å². The maximum absolute atomic E-state index is 13.1. The Morgan fingerprint density at radius 3 is 2.35 bits per heavy atom. The number of aliphatic carboxylic acids is 1. The largest absolute Gasteiger partial charge is 0.481 e. The molecule has 7 heteroatoms. The summed E-state index contributed by atoms with van der Waals surface area (Å²) in [5.41, 5.74) is 3.45. The minimum atomic E-state index is -0.978. The van der Waals surface area contributed by atoms with Crippen molar-refractivity contribution in [1.29, 1.82) is 0 Å². The Hall–Kier alpha value is -2.93. The van der Waals surface area contributed by atoms with Crippen LogP contribution in [0.1, 0.15) is 54.4 Å². The number of carbonyl (C=O) groups is 3. The molecule has 0 radical (unpaired) electrons. The van der Waals surface area contributed by atoms with Crippen molar-refractivity contribution in [3.8, 4) is 0 Å². The maximum Gasteiger partial charge on any atom is 0.341 e. The van der Waals surface area contributed by atoms with Crippen molar-refractivity contribution in [2.24, 2.45) is 11.8 Å². The highest BCUT2D eigenvalue weighted by atomic mass is 32.1. The zero-order valence-corrected chi connectivity index (χ0v) is 18.8. The van der Waals surface area contributed by atoms with Gasteiger partial charge in [0.1, 0.15) is 5.00 Å². The molecule has 31 heavy (non-hydrogen) atoms. The standard InChI is InChI=1S/C24H27NO5S/c1-4-30-24(29)20-13-17(12-16-8-6-5-7-9-16)31-22(20)25-21(26)18-10-14(2)15(3)11-19(18)23(27)28/h5-9,13,18-19H,4,10-12H2,1-3H3,(H,25,26)(H,27,28)/t18-,19-/m0/s1. The van der Waals surface area contributed by atoms with E-state index < -0.39 is 23.8 Å². The molecule has 0 unspecified atom stereocenters. The number of ether oxygens (including phenoxy) is 1. The van der Waals surface area contributed by atoms with Crippen LogP contribution >= 0.6 is 11.3 Å². The van der Waals surface area contributed by atoms with E-state index in [1.807, 2.05) is 44.2 Å². The molecule has 0 saturated carbocycles. The third kappa shape index (κ3) is 5.41. The van der Waals surface area contributed by atoms with Gasteiger partial charge in [0.25, 0.3) is 0 Å². The van der Waals surface area contributed by atoms with E-state index in [2.05, 4.69) is 5.32 Å². The molecule has 1 amide bonds. The average molecular weight is 442 g/mol. The first-order chi connectivity index (χ1) is 14.8. The average Bonchev–Trinajstić information content (AvgIpc) is 3.12. The number of carboxylic acids is 1. The summed E-state index contributed by atoms with van der Waals surface area (Å²) in [4.78, 5) is 38.3. The SMILES string of the molecule is CCOC(=O)c1cc(Cc2ccccc2)sc1NC(=O)[C@H]1CC(C)=C(C)C[C@@H]1C(=O)O. The minimum Gasteiger partial charge on any atom is -0.481 e. The van der Waals surface area contributed by atoms with E-state index in [-0.39, 0.29) is 12.5 Å². The van der Waals surface area contributed by atoms with E-state index in [9.17, 15) is 19.5 Å². The van der Waals surface area contributed by atoms with Crippen molar-refractivity contribution in [3.63, 3.8) is 0 Å². The van der Waals surface area contributed by atoms with Crippen LogP contribution in [0.25, 0.3) is 0 Å². The molecule has 1 aromatic heterocycles. The molecule has 0 fully saturated rings. The number of allylic oxidation sites excluding steroid dienone is 2. The third-order valence-corrected chi connectivity index (χ3v) is 6.71. The highest BCUT2D eigenvalue weighted by molar-refractivity contribution is 7.16. The molecule has 1 aromatic carbocycles. The first-order valence-electron chi connectivity index (χ1n) is 10.3. The lowest BCUT2D eigenvalue weighted by atomic mass is 9.76. The van der Waals surface area contributed by atoms with Gasteiger partial charge < -0.3 is 15.2 Å². The Morgan fingerprint density at radius 2 is 1.74 bits per heavy atom. The van der Waals surface area contributed by atoms with Crippen LogP contribution in [0.3, 0.4) is 0 Å². The van der Waals surface area contributed by atoms with Crippen LogP contribution in [0.2, 0.25) is 0 Å². The summed E-state index contributed by atoms with van der Waals surface area (Å²) in [7, 11) is 0. The fraction of sp³-hybridized carbons (Fsp3) is 0.375. The van der Waals surface area contributed by atoms with Crippen LogP contribution in [0.5, 0.6) is 0 Å². The molecule has 0 saturated heterocycles. The number of carboxylic acid groups (broad SMARTS) is 1. The predicted molar refractivity (Wildman–Crippen MR) is 120 cm³/mol. The van der Waals surface area contributed by atoms with Gasteiger partial charge in [-0.15, -0.1) is 11.3 Å². The van der Waals surface area contributed by atoms with Crippen LogP contribution in [-0.4, -0.2) is 29.6 Å². The zero-order valence-electron chi connectivity index (χ0n) is 17.9. The molecule has 1 aliphatic carbocycles. The molecule has 0 bridgehead atoms. The number of thiophene rings is 1. The van der Waals surface area contributed by atoms with Crippen LogP contribution in [0.15, 0.2) is 47.5 Å². The molecular formula is C24H27NO5S. The van der Waals surface area contributed by atoms with Gasteiger partial charge in [-0.2, -0.15) is 0 Å². The van der Waals surface area contributed by atoms with Gasteiger partial charge in [-0.05, 0) is 45.2 Å². The second-order valence-corrected chi connectivity index (χ2v) is 8.98. The number of carbonyl (C=O) groups excluding carboxylic acids is 2. The number of rotatable bonds is 7. The Bertz CT molecular complexity index is 1010. The Morgan fingerprint density at radius 1 is 1.10 bits per heavy atom. The number of esters is 1. The minimum absolute atomic E-state index is 0.225. The van der Waals surface area contributed by atoms with E-state index in [0.717, 1.165) is 21.6 Å². The highest BCUT2D eigenvalue weighted by Gasteiger charge is 2.37. The number of benzene rings is 1. The van der Waals surface area contributed by atoms with Crippen molar-refractivity contribution in [3.05, 3.63) is 63.5 Å². The van der Waals surface area contributed by atoms with Crippen LogP contribution in [0.4, 0.5) is 5.00 Å². The summed E-state index contributed by atoms with van der Waals surface area (Å²) in [5.74, 6) is -3.32. The quantitative estimate of drug-likeness (QED) is 0.471. The van der Waals surface area contributed by atoms with E-state index in [1.165, 1.54) is 11.3 Å². The molecule has 164 valence electrons. The second kappa shape index (κ2) is 9.92. The summed E-state index contributed by atoms with van der Waals surface area (Å²) < 4.78 is 5.16. The number of hydrogen-bond acceptors (Lipinski definition) is 5. The molecule has 6 nitrogen and oxygen atoms in total. The molecule has 2 aromatic rings. The van der Waals surface area contributed by atoms with Gasteiger partial charge in [0.05, 0.1) is 24.0 Å². The van der Waals surface area contributed by atoms with Crippen molar-refractivity contribution in [1.82, 2.24) is 0 Å². The molecule has 3 rings (SSSR count). The van der Waals surface area contributed by atoms with Gasteiger partial charge in [0, 0.05) is 11.3 Å². The van der Waals surface area contributed by atoms with Gasteiger partial charge in [0.15, 0.2) is 0 Å². The summed E-state index contributed by atoms with van der Waals surface area (Å²) in [6.07, 6.45) is 1.37. The number of hydrogen-bond donors (Lipinski definition) is 2. The van der Waals surface area contributed by atoms with E-state index in [4.69, 9.17) is 4.74 Å². The Balaban J connectivity index is 1.87. The molecule has 2 atom stereocenters. The molecule has 0 spiro atoms. The summed E-state index contributed by atoms with van der Waals surface area (Å²) in [6, 6.07) is 11.6. The predicted octanol–water partition coefficient (Wildman–Crippen LogP) is 4.90. The smallest absolute Gasteiger partial charge is 0.341 e. The van der Waals surface area contributed by atoms with Crippen LogP contribution in [-0.2, 0) is 20.7 Å². The first kappa shape index (κ1) is 22.7. The maximum atomic E-state index is 13.1. The fourth-order valence-corrected chi connectivity index (χ4v) is 4.89. The van der Waals surface area contributed by atoms with Gasteiger partial charge in [-0.3, -0.25) is 9.59 Å². The summed E-state index contributed by atoms with van der Waals surface area (Å²) in [6.45, 7) is 5.79. The first-order valence-corrected chi connectivity index (χ1v) is 11.1. The lowest BCUT2D eigenvalue weighted by Crippen LogP contribution is -2.36. The van der Waals surface area contributed by atoms with Crippen molar-refractivity contribution < 1.29 is 24.2 Å². The molecule has 1 heterocycles. The third-order valence-electron chi connectivity index (χ3n) is 5.66. The van der Waals surface area contributed by atoms with E-state index in [1.54, 1.807) is 13.0 Å². The molecule has 2 N–H and O–H groups in total. The number of amides is 1. The Labute approximate surface area is 185 Å². The van der Waals surface area contributed by atoms with Crippen molar-refractivity contribution in [2.75, 3.05) is 11.9 Å². The summed E-state index contributed by atoms with van der Waals surface area (Å²) in [5, 5.41) is 12.9. The fourth-order valence-electron chi connectivity index (χ4n) is 3.81. The van der Waals surface area contributed by atoms with Gasteiger partial charge in [-0.1, -0.05) is 41.5 Å². The van der Waals surface area contributed by atoms with Gasteiger partial charge >= 0.3 is 11.9 Å². The lowest BCUT2D eigenvalue weighted by Gasteiger charge is -2.29. The second-order valence-electron chi connectivity index (χ2n) is 7.85. The van der Waals surface area contributed by atoms with Crippen molar-refractivity contribution >= 4 is 34.2 Å². The Kier molecular flexibility index (Phi) is 7.28. The normalized spacial score (nSPS) is 18.5. The van der Waals surface area contributed by atoms with E-state index in [0.29, 0.717) is 29.8 Å². The topological polar surface area (TPSA) is 92.7 Å². The monoisotopic (exact) mass is 441 g/mol. The van der Waals surface area contributed by atoms with E-state index >= 15 is 0 Å². The number of nitrogens with one attached hydrogen (secondary N) is 1. The van der Waals surface area contributed by atoms with Gasteiger partial charge in [0.2, 0.25) is 5.91 Å². The molecular weight excluding hydrogens is 414 g/mol. The number of anilines is 1. The highest BCUT2D eigenvalue weighted by Crippen LogP contribution is 2.37. The zero-order chi connectivity index (χ0) is 22.5. The van der Waals surface area contributed by atoms with Crippen LogP contribution in [0, 0.1) is 11.8 Å². The van der Waals surface area contributed by atoms with Gasteiger partial charge in [-0.25, -0.2) is 4.79 Å². The summed E-state index contributed by atoms with van der Waals surface area (Å²) >= 11 is 1.32.